The normalized spacial score (nSPS) is 18.6. The fraction of sp³-hybridized carbons (Fsp3) is 0.440. The van der Waals surface area contributed by atoms with Gasteiger partial charge in [-0.1, -0.05) is 18.2 Å². The lowest BCUT2D eigenvalue weighted by atomic mass is 9.93. The average molecular weight is 453 g/mol. The standard InChI is InChI=1S/C25H32N4O4/c1-27(32)24(30)17-18-2-7-22-20(16-18)9-15-33-23(22)8-10-28-11-13-29(14-12-28)21-5-3-19(4-6-21)25(26)31/h2-7,16,23,32H,8-15,17H2,1H3,(H2,26,31)/t23-/m0/s1. The summed E-state index contributed by atoms with van der Waals surface area (Å²) in [5.74, 6) is -0.720. The van der Waals surface area contributed by atoms with E-state index < -0.39 is 5.91 Å². The number of carbonyl (C=O) groups excluding carboxylic acids is 2. The highest BCUT2D eigenvalue weighted by molar-refractivity contribution is 5.93. The molecule has 8 nitrogen and oxygen atoms in total. The first-order chi connectivity index (χ1) is 15.9. The van der Waals surface area contributed by atoms with E-state index in [0.29, 0.717) is 17.2 Å². The van der Waals surface area contributed by atoms with E-state index in [9.17, 15) is 14.8 Å². The zero-order valence-electron chi connectivity index (χ0n) is 19.1. The first-order valence-electron chi connectivity index (χ1n) is 11.5. The fourth-order valence-electron chi connectivity index (χ4n) is 4.59. The van der Waals surface area contributed by atoms with E-state index in [1.165, 1.54) is 18.2 Å². The van der Waals surface area contributed by atoms with Crippen LogP contribution in [0.1, 0.15) is 39.6 Å². The van der Waals surface area contributed by atoms with Gasteiger partial charge < -0.3 is 15.4 Å². The van der Waals surface area contributed by atoms with Gasteiger partial charge in [0.25, 0.3) is 0 Å². The molecule has 0 aromatic heterocycles. The lowest BCUT2D eigenvalue weighted by molar-refractivity contribution is -0.158. The maximum Gasteiger partial charge on any atom is 0.250 e. The number of rotatable bonds is 7. The third-order valence-corrected chi connectivity index (χ3v) is 6.56. The van der Waals surface area contributed by atoms with Gasteiger partial charge in [-0.2, -0.15) is 0 Å². The number of carbonyl (C=O) groups is 2. The summed E-state index contributed by atoms with van der Waals surface area (Å²) in [6.07, 6.45) is 2.04. The molecule has 8 heteroatoms. The summed E-state index contributed by atoms with van der Waals surface area (Å²) in [5.41, 5.74) is 10.3. The summed E-state index contributed by atoms with van der Waals surface area (Å²) >= 11 is 0. The topological polar surface area (TPSA) is 99.3 Å². The molecule has 2 heterocycles. The largest absolute Gasteiger partial charge is 0.373 e. The van der Waals surface area contributed by atoms with Crippen LogP contribution in [-0.4, -0.2) is 73.4 Å². The molecule has 0 saturated carbocycles. The van der Waals surface area contributed by atoms with E-state index in [4.69, 9.17) is 10.5 Å². The van der Waals surface area contributed by atoms with Crippen LogP contribution in [0, 0.1) is 0 Å². The van der Waals surface area contributed by atoms with E-state index in [1.807, 2.05) is 18.2 Å². The predicted molar refractivity (Wildman–Crippen MR) is 125 cm³/mol. The molecule has 0 spiro atoms. The molecule has 176 valence electrons. The number of nitrogens with zero attached hydrogens (tertiary/aromatic N) is 3. The maximum atomic E-state index is 11.8. The molecule has 0 radical (unpaired) electrons. The zero-order chi connectivity index (χ0) is 23.4. The molecule has 1 fully saturated rings. The molecule has 3 N–H and O–H groups in total. The lowest BCUT2D eigenvalue weighted by Gasteiger charge is -2.37. The Morgan fingerprint density at radius 2 is 1.85 bits per heavy atom. The highest BCUT2D eigenvalue weighted by Crippen LogP contribution is 2.31. The SMILES string of the molecule is CN(O)C(=O)Cc1ccc2c(c1)CCO[C@H]2CCN1CCN(c2ccc(C(N)=O)cc2)CC1. The third kappa shape index (κ3) is 5.71. The Balaban J connectivity index is 1.29. The Labute approximate surface area is 194 Å². The van der Waals surface area contributed by atoms with Crippen LogP contribution in [0.3, 0.4) is 0 Å². The minimum absolute atomic E-state index is 0.0680. The van der Waals surface area contributed by atoms with Crippen molar-refractivity contribution in [2.45, 2.75) is 25.4 Å². The first kappa shape index (κ1) is 23.2. The van der Waals surface area contributed by atoms with E-state index in [2.05, 4.69) is 21.9 Å². The van der Waals surface area contributed by atoms with Crippen molar-refractivity contribution >= 4 is 17.5 Å². The Bertz CT molecular complexity index is 984. The molecule has 2 aromatic carbocycles. The van der Waals surface area contributed by atoms with Gasteiger partial charge in [0.2, 0.25) is 11.8 Å². The maximum absolute atomic E-state index is 11.8. The van der Waals surface area contributed by atoms with Gasteiger partial charge in [0.05, 0.1) is 19.1 Å². The summed E-state index contributed by atoms with van der Waals surface area (Å²) < 4.78 is 6.09. The number of primary amides is 1. The van der Waals surface area contributed by atoms with E-state index in [0.717, 1.165) is 56.8 Å². The summed E-state index contributed by atoms with van der Waals surface area (Å²) in [6.45, 7) is 5.49. The highest BCUT2D eigenvalue weighted by atomic mass is 16.5. The van der Waals surface area contributed by atoms with Crippen LogP contribution < -0.4 is 10.6 Å². The minimum Gasteiger partial charge on any atom is -0.373 e. The second kappa shape index (κ2) is 10.3. The molecule has 0 aliphatic carbocycles. The molecule has 2 aromatic rings. The van der Waals surface area contributed by atoms with E-state index >= 15 is 0 Å². The van der Waals surface area contributed by atoms with Crippen LogP contribution in [0.5, 0.6) is 0 Å². The molecular weight excluding hydrogens is 420 g/mol. The zero-order valence-corrected chi connectivity index (χ0v) is 19.1. The average Bonchev–Trinajstić information content (AvgIpc) is 2.83. The molecule has 2 aliphatic rings. The number of nitrogens with two attached hydrogens (primary N) is 1. The van der Waals surface area contributed by atoms with Gasteiger partial charge in [0.15, 0.2) is 0 Å². The number of ether oxygens (including phenoxy) is 1. The van der Waals surface area contributed by atoms with Gasteiger partial charge in [-0.3, -0.25) is 19.7 Å². The summed E-state index contributed by atoms with van der Waals surface area (Å²) in [7, 11) is 1.35. The minimum atomic E-state index is -0.402. The fourth-order valence-corrected chi connectivity index (χ4v) is 4.59. The molecule has 0 bridgehead atoms. The molecular formula is C25H32N4O4. The van der Waals surface area contributed by atoms with E-state index in [-0.39, 0.29) is 18.4 Å². The van der Waals surface area contributed by atoms with Gasteiger partial charge in [-0.05, 0) is 53.8 Å². The Morgan fingerprint density at radius 3 is 2.52 bits per heavy atom. The number of amides is 2. The van der Waals surface area contributed by atoms with Gasteiger partial charge in [0, 0.05) is 51.0 Å². The predicted octanol–water partition coefficient (Wildman–Crippen LogP) is 2.00. The number of likely N-dealkylation sites (N-methyl/N-ethyl adjacent to an activating group) is 1. The molecule has 1 atom stereocenters. The van der Waals surface area contributed by atoms with Crippen LogP contribution >= 0.6 is 0 Å². The van der Waals surface area contributed by atoms with Crippen LogP contribution in [0.2, 0.25) is 0 Å². The molecule has 2 amide bonds. The summed E-state index contributed by atoms with van der Waals surface area (Å²) in [4.78, 5) is 27.9. The van der Waals surface area contributed by atoms with Crippen molar-refractivity contribution in [3.63, 3.8) is 0 Å². The van der Waals surface area contributed by atoms with Crippen molar-refractivity contribution in [3.8, 4) is 0 Å². The molecule has 0 unspecified atom stereocenters. The number of fused-ring (bicyclic) bond motifs is 1. The lowest BCUT2D eigenvalue weighted by Crippen LogP contribution is -2.47. The number of piperazine rings is 1. The third-order valence-electron chi connectivity index (χ3n) is 6.56. The smallest absolute Gasteiger partial charge is 0.250 e. The Hall–Kier alpha value is -2.94. The van der Waals surface area contributed by atoms with Crippen LogP contribution in [0.15, 0.2) is 42.5 Å². The van der Waals surface area contributed by atoms with Crippen molar-refractivity contribution in [1.82, 2.24) is 9.96 Å². The number of hydrogen-bond acceptors (Lipinski definition) is 6. The molecule has 33 heavy (non-hydrogen) atoms. The van der Waals surface area contributed by atoms with Crippen molar-refractivity contribution < 1.29 is 19.5 Å². The van der Waals surface area contributed by atoms with Crippen molar-refractivity contribution in [2.24, 2.45) is 5.73 Å². The molecule has 1 saturated heterocycles. The molecule has 4 rings (SSSR count). The van der Waals surface area contributed by atoms with Crippen molar-refractivity contribution in [2.75, 3.05) is 51.3 Å². The monoisotopic (exact) mass is 452 g/mol. The van der Waals surface area contributed by atoms with Gasteiger partial charge >= 0.3 is 0 Å². The summed E-state index contributed by atoms with van der Waals surface area (Å²) in [6, 6.07) is 13.6. The van der Waals surface area contributed by atoms with Crippen LogP contribution in [0.25, 0.3) is 0 Å². The van der Waals surface area contributed by atoms with Gasteiger partial charge in [0.1, 0.15) is 0 Å². The van der Waals surface area contributed by atoms with Crippen molar-refractivity contribution in [3.05, 3.63) is 64.7 Å². The van der Waals surface area contributed by atoms with Crippen LogP contribution in [0.4, 0.5) is 5.69 Å². The van der Waals surface area contributed by atoms with Gasteiger partial charge in [-0.15, -0.1) is 0 Å². The Kier molecular flexibility index (Phi) is 7.27. The van der Waals surface area contributed by atoms with Gasteiger partial charge in [-0.25, -0.2) is 5.06 Å². The number of anilines is 1. The second-order valence-electron chi connectivity index (χ2n) is 8.77. The van der Waals surface area contributed by atoms with Crippen molar-refractivity contribution in [1.29, 1.82) is 0 Å². The highest BCUT2D eigenvalue weighted by Gasteiger charge is 2.24. The number of hydrogen-bond donors (Lipinski definition) is 2. The summed E-state index contributed by atoms with van der Waals surface area (Å²) in [5, 5.41) is 9.95. The Morgan fingerprint density at radius 1 is 1.12 bits per heavy atom. The number of benzene rings is 2. The van der Waals surface area contributed by atoms with Crippen LogP contribution in [-0.2, 0) is 22.4 Å². The number of hydroxylamine groups is 2. The second-order valence-corrected chi connectivity index (χ2v) is 8.77. The van der Waals surface area contributed by atoms with E-state index in [1.54, 1.807) is 12.1 Å². The molecule has 2 aliphatic heterocycles. The quantitative estimate of drug-likeness (QED) is 0.493. The first-order valence-corrected chi connectivity index (χ1v) is 11.5.